The van der Waals surface area contributed by atoms with Crippen molar-refractivity contribution >= 4 is 28.0 Å². The average molecular weight is 386 g/mol. The molecule has 4 aromatic rings. The molecule has 0 saturated carbocycles. The van der Waals surface area contributed by atoms with Crippen LogP contribution in [0.2, 0.25) is 0 Å². The van der Waals surface area contributed by atoms with Gasteiger partial charge in [-0.05, 0) is 54.8 Å². The molecule has 0 aliphatic carbocycles. The van der Waals surface area contributed by atoms with Gasteiger partial charge in [-0.3, -0.25) is 4.98 Å². The number of fused-ring (bicyclic) bond motifs is 1. The molecule has 0 spiro atoms. The zero-order valence-corrected chi connectivity index (χ0v) is 16.5. The van der Waals surface area contributed by atoms with Crippen molar-refractivity contribution < 1.29 is 5.11 Å². The summed E-state index contributed by atoms with van der Waals surface area (Å²) in [7, 11) is 0. The van der Waals surface area contributed by atoms with Gasteiger partial charge in [0, 0.05) is 58.7 Å². The highest BCUT2D eigenvalue weighted by atomic mass is 16.3. The van der Waals surface area contributed by atoms with Crippen LogP contribution in [0.3, 0.4) is 0 Å². The fourth-order valence-corrected chi connectivity index (χ4v) is 3.51. The molecule has 0 fully saturated rings. The van der Waals surface area contributed by atoms with Crippen molar-refractivity contribution in [3.63, 3.8) is 0 Å². The fourth-order valence-electron chi connectivity index (χ4n) is 3.51. The Morgan fingerprint density at radius 3 is 2.66 bits per heavy atom. The Hall–Kier alpha value is -3.31. The molecule has 4 N–H and O–H groups in total. The predicted molar refractivity (Wildman–Crippen MR) is 120 cm³/mol. The molecule has 2 aromatic heterocycles. The van der Waals surface area contributed by atoms with E-state index in [2.05, 4.69) is 57.1 Å². The Kier molecular flexibility index (Phi) is 5.77. The molecule has 0 bridgehead atoms. The summed E-state index contributed by atoms with van der Waals surface area (Å²) in [4.78, 5) is 7.46. The second kappa shape index (κ2) is 8.80. The molecule has 4 rings (SSSR count). The SMILES string of the molecule is CCC(O)c1cnccc1Nc1ccc(NCCc2c[nH]c3ccccc23)cc1. The first kappa shape index (κ1) is 19.0. The summed E-state index contributed by atoms with van der Waals surface area (Å²) < 4.78 is 0. The molecular formula is C24H26N4O. The minimum atomic E-state index is -0.517. The van der Waals surface area contributed by atoms with Gasteiger partial charge in [0.2, 0.25) is 0 Å². The van der Waals surface area contributed by atoms with Crippen LogP contribution in [-0.2, 0) is 6.42 Å². The van der Waals surface area contributed by atoms with Crippen LogP contribution in [-0.4, -0.2) is 21.6 Å². The van der Waals surface area contributed by atoms with Gasteiger partial charge < -0.3 is 20.7 Å². The highest BCUT2D eigenvalue weighted by Gasteiger charge is 2.10. The van der Waals surface area contributed by atoms with E-state index in [0.717, 1.165) is 35.6 Å². The number of aromatic amines is 1. The van der Waals surface area contributed by atoms with Crippen LogP contribution in [0.5, 0.6) is 0 Å². The van der Waals surface area contributed by atoms with Crippen molar-refractivity contribution in [1.82, 2.24) is 9.97 Å². The third kappa shape index (κ3) is 4.41. The number of hydrogen-bond donors (Lipinski definition) is 4. The third-order valence-corrected chi connectivity index (χ3v) is 5.16. The fraction of sp³-hybridized carbons (Fsp3) is 0.208. The number of rotatable bonds is 8. The van der Waals surface area contributed by atoms with Crippen molar-refractivity contribution in [3.8, 4) is 0 Å². The Labute approximate surface area is 170 Å². The van der Waals surface area contributed by atoms with E-state index in [0.29, 0.717) is 6.42 Å². The molecule has 0 saturated heterocycles. The predicted octanol–water partition coefficient (Wildman–Crippen LogP) is 5.40. The first-order chi connectivity index (χ1) is 14.2. The van der Waals surface area contributed by atoms with Gasteiger partial charge in [0.15, 0.2) is 0 Å². The van der Waals surface area contributed by atoms with Crippen molar-refractivity contribution in [2.24, 2.45) is 0 Å². The number of aromatic nitrogens is 2. The Bertz CT molecular complexity index is 1070. The molecule has 0 amide bonds. The standard InChI is InChI=1S/C24H26N4O/c1-2-24(29)21-16-25-13-12-23(21)28-19-9-7-18(8-10-19)26-14-11-17-15-27-22-6-4-3-5-20(17)22/h3-10,12-13,15-16,24,26-27,29H,2,11,14H2,1H3,(H,25,28). The van der Waals surface area contributed by atoms with Crippen LogP contribution in [0, 0.1) is 0 Å². The molecule has 0 radical (unpaired) electrons. The van der Waals surface area contributed by atoms with E-state index in [1.165, 1.54) is 16.5 Å². The second-order valence-electron chi connectivity index (χ2n) is 7.13. The zero-order valence-electron chi connectivity index (χ0n) is 16.5. The van der Waals surface area contributed by atoms with Gasteiger partial charge in [0.1, 0.15) is 0 Å². The van der Waals surface area contributed by atoms with E-state index in [1.54, 1.807) is 12.4 Å². The maximum atomic E-state index is 10.2. The minimum Gasteiger partial charge on any atom is -0.388 e. The van der Waals surface area contributed by atoms with Gasteiger partial charge in [-0.1, -0.05) is 25.1 Å². The second-order valence-corrected chi connectivity index (χ2v) is 7.13. The van der Waals surface area contributed by atoms with Crippen LogP contribution in [0.4, 0.5) is 17.1 Å². The number of benzene rings is 2. The molecule has 29 heavy (non-hydrogen) atoms. The average Bonchev–Trinajstić information content (AvgIpc) is 3.18. The number of aliphatic hydroxyl groups is 1. The van der Waals surface area contributed by atoms with E-state index in [9.17, 15) is 5.11 Å². The molecule has 1 unspecified atom stereocenters. The number of anilines is 3. The highest BCUT2D eigenvalue weighted by Crippen LogP contribution is 2.27. The third-order valence-electron chi connectivity index (χ3n) is 5.16. The summed E-state index contributed by atoms with van der Waals surface area (Å²) in [6.07, 6.45) is 6.64. The summed E-state index contributed by atoms with van der Waals surface area (Å²) in [5.41, 5.74) is 6.26. The van der Waals surface area contributed by atoms with Gasteiger partial charge in [-0.2, -0.15) is 0 Å². The first-order valence-corrected chi connectivity index (χ1v) is 10.0. The lowest BCUT2D eigenvalue weighted by atomic mass is 10.1. The van der Waals surface area contributed by atoms with Crippen LogP contribution in [0.1, 0.15) is 30.6 Å². The van der Waals surface area contributed by atoms with E-state index in [1.807, 2.05) is 31.2 Å². The van der Waals surface area contributed by atoms with Crippen molar-refractivity contribution in [3.05, 3.63) is 84.3 Å². The smallest absolute Gasteiger partial charge is 0.0822 e. The Morgan fingerprint density at radius 1 is 1.03 bits per heavy atom. The number of para-hydroxylation sites is 1. The monoisotopic (exact) mass is 386 g/mol. The minimum absolute atomic E-state index is 0.517. The molecule has 1 atom stereocenters. The van der Waals surface area contributed by atoms with Crippen molar-refractivity contribution in [2.75, 3.05) is 17.2 Å². The number of aliphatic hydroxyl groups excluding tert-OH is 1. The summed E-state index contributed by atoms with van der Waals surface area (Å²) in [6.45, 7) is 2.82. The normalized spacial score (nSPS) is 12.1. The number of H-pyrrole nitrogens is 1. The molecule has 148 valence electrons. The van der Waals surface area contributed by atoms with Gasteiger partial charge in [0.25, 0.3) is 0 Å². The number of pyridine rings is 1. The van der Waals surface area contributed by atoms with Gasteiger partial charge in [-0.25, -0.2) is 0 Å². The molecule has 2 aromatic carbocycles. The summed E-state index contributed by atoms with van der Waals surface area (Å²) in [6, 6.07) is 18.5. The highest BCUT2D eigenvalue weighted by molar-refractivity contribution is 5.83. The zero-order chi connectivity index (χ0) is 20.1. The number of hydrogen-bond acceptors (Lipinski definition) is 4. The number of nitrogens with one attached hydrogen (secondary N) is 3. The maximum absolute atomic E-state index is 10.2. The van der Waals surface area contributed by atoms with Crippen LogP contribution < -0.4 is 10.6 Å². The van der Waals surface area contributed by atoms with Crippen LogP contribution in [0.15, 0.2) is 73.2 Å². The van der Waals surface area contributed by atoms with Gasteiger partial charge in [0.05, 0.1) is 6.10 Å². The number of nitrogens with zero attached hydrogens (tertiary/aromatic N) is 1. The van der Waals surface area contributed by atoms with Crippen molar-refractivity contribution in [1.29, 1.82) is 0 Å². The van der Waals surface area contributed by atoms with E-state index in [4.69, 9.17) is 0 Å². The van der Waals surface area contributed by atoms with Crippen LogP contribution >= 0.6 is 0 Å². The van der Waals surface area contributed by atoms with Crippen molar-refractivity contribution in [2.45, 2.75) is 25.9 Å². The molecule has 2 heterocycles. The lowest BCUT2D eigenvalue weighted by Gasteiger charge is -2.15. The van der Waals surface area contributed by atoms with E-state index in [-0.39, 0.29) is 0 Å². The summed E-state index contributed by atoms with van der Waals surface area (Å²) >= 11 is 0. The maximum Gasteiger partial charge on any atom is 0.0822 e. The Morgan fingerprint density at radius 2 is 1.83 bits per heavy atom. The summed E-state index contributed by atoms with van der Waals surface area (Å²) in [5.74, 6) is 0. The molecule has 5 heteroatoms. The van der Waals surface area contributed by atoms with Gasteiger partial charge in [-0.15, -0.1) is 0 Å². The molecule has 0 aliphatic heterocycles. The quantitative estimate of drug-likeness (QED) is 0.327. The van der Waals surface area contributed by atoms with E-state index < -0.39 is 6.10 Å². The lowest BCUT2D eigenvalue weighted by Crippen LogP contribution is -2.05. The van der Waals surface area contributed by atoms with Crippen LogP contribution in [0.25, 0.3) is 10.9 Å². The molecule has 5 nitrogen and oxygen atoms in total. The van der Waals surface area contributed by atoms with Gasteiger partial charge >= 0.3 is 0 Å². The van der Waals surface area contributed by atoms with E-state index >= 15 is 0 Å². The summed E-state index contributed by atoms with van der Waals surface area (Å²) in [5, 5.41) is 18.3. The molecule has 0 aliphatic rings. The largest absolute Gasteiger partial charge is 0.388 e. The first-order valence-electron chi connectivity index (χ1n) is 10.0. The Balaban J connectivity index is 1.36. The topological polar surface area (TPSA) is 73.0 Å². The lowest BCUT2D eigenvalue weighted by molar-refractivity contribution is 0.174. The molecular weight excluding hydrogens is 360 g/mol.